The van der Waals surface area contributed by atoms with E-state index in [4.69, 9.17) is 5.11 Å². The zero-order chi connectivity index (χ0) is 15.3. The minimum Gasteiger partial charge on any atom is -0.481 e. The molecular weight excluding hydrogens is 271 g/mol. The second-order valence-corrected chi connectivity index (χ2v) is 4.00. The molecule has 0 spiro atoms. The van der Waals surface area contributed by atoms with E-state index in [9.17, 15) is 24.1 Å². The second-order valence-electron chi connectivity index (χ2n) is 4.00. The number of halogens is 1. The average molecular weight is 284 g/mol. The predicted molar refractivity (Wildman–Crippen MR) is 67.1 cm³/mol. The molecule has 0 aliphatic heterocycles. The van der Waals surface area contributed by atoms with Gasteiger partial charge in [-0.05, 0) is 18.7 Å². The van der Waals surface area contributed by atoms with Crippen molar-refractivity contribution in [2.45, 2.75) is 19.4 Å². The lowest BCUT2D eigenvalue weighted by Crippen LogP contribution is -2.38. The van der Waals surface area contributed by atoms with Crippen LogP contribution in [0.1, 0.15) is 23.7 Å². The number of carboxylic acid groups (broad SMARTS) is 1. The van der Waals surface area contributed by atoms with Gasteiger partial charge in [-0.1, -0.05) is 6.92 Å². The van der Waals surface area contributed by atoms with Crippen molar-refractivity contribution < 1.29 is 24.0 Å². The average Bonchev–Trinajstić information content (AvgIpc) is 2.37. The standard InChI is InChI=1S/C12H13FN2O5/c1-2-14-9(6-11(16)17)12(18)7-3-4-8(13)10(5-7)15(19)20/h3-5,9,14H,2,6H2,1H3,(H,16,17). The number of hydrogen-bond donors (Lipinski definition) is 2. The molecule has 20 heavy (non-hydrogen) atoms. The van der Waals surface area contributed by atoms with Gasteiger partial charge in [0, 0.05) is 11.6 Å². The summed E-state index contributed by atoms with van der Waals surface area (Å²) in [6.45, 7) is 2.04. The van der Waals surface area contributed by atoms with Gasteiger partial charge in [0.1, 0.15) is 0 Å². The molecule has 2 N–H and O–H groups in total. The van der Waals surface area contributed by atoms with E-state index in [1.807, 2.05) is 0 Å². The minimum atomic E-state index is -1.18. The SMILES string of the molecule is CCNC(CC(=O)O)C(=O)c1ccc(F)c([N+](=O)[O-])c1. The molecule has 0 aliphatic carbocycles. The molecule has 1 unspecified atom stereocenters. The summed E-state index contributed by atoms with van der Waals surface area (Å²) in [7, 11) is 0. The zero-order valence-electron chi connectivity index (χ0n) is 10.6. The van der Waals surface area contributed by atoms with E-state index in [0.717, 1.165) is 18.2 Å². The normalized spacial score (nSPS) is 11.9. The van der Waals surface area contributed by atoms with Crippen LogP contribution in [0.25, 0.3) is 0 Å². The Morgan fingerprint density at radius 3 is 2.65 bits per heavy atom. The van der Waals surface area contributed by atoms with Crippen molar-refractivity contribution in [1.29, 1.82) is 0 Å². The van der Waals surface area contributed by atoms with Crippen molar-refractivity contribution in [3.05, 3.63) is 39.7 Å². The van der Waals surface area contributed by atoms with Gasteiger partial charge in [-0.15, -0.1) is 0 Å². The fourth-order valence-electron chi connectivity index (χ4n) is 1.69. The van der Waals surface area contributed by atoms with Crippen LogP contribution in [0.2, 0.25) is 0 Å². The third kappa shape index (κ3) is 3.82. The van der Waals surface area contributed by atoms with Crippen molar-refractivity contribution in [3.8, 4) is 0 Å². The number of nitro groups is 1. The lowest BCUT2D eigenvalue weighted by molar-refractivity contribution is -0.387. The van der Waals surface area contributed by atoms with Crippen molar-refractivity contribution in [3.63, 3.8) is 0 Å². The van der Waals surface area contributed by atoms with Gasteiger partial charge in [-0.25, -0.2) is 0 Å². The van der Waals surface area contributed by atoms with Crippen molar-refractivity contribution in [2.75, 3.05) is 6.54 Å². The number of benzene rings is 1. The number of carboxylic acids is 1. The van der Waals surface area contributed by atoms with Crippen LogP contribution in [0.15, 0.2) is 18.2 Å². The van der Waals surface area contributed by atoms with E-state index < -0.39 is 40.6 Å². The Hall–Kier alpha value is -2.35. The summed E-state index contributed by atoms with van der Waals surface area (Å²) in [5.74, 6) is -2.86. The van der Waals surface area contributed by atoms with E-state index >= 15 is 0 Å². The molecule has 0 radical (unpaired) electrons. The highest BCUT2D eigenvalue weighted by Gasteiger charge is 2.24. The highest BCUT2D eigenvalue weighted by Crippen LogP contribution is 2.20. The van der Waals surface area contributed by atoms with Crippen LogP contribution in [0.4, 0.5) is 10.1 Å². The quantitative estimate of drug-likeness (QED) is 0.444. The Morgan fingerprint density at radius 1 is 1.50 bits per heavy atom. The summed E-state index contributed by atoms with van der Waals surface area (Å²) in [5, 5.41) is 22.0. The summed E-state index contributed by atoms with van der Waals surface area (Å²) in [6.07, 6.45) is -0.460. The maximum atomic E-state index is 13.2. The number of likely N-dealkylation sites (N-methyl/N-ethyl adjacent to an activating group) is 1. The van der Waals surface area contributed by atoms with Crippen LogP contribution in [-0.2, 0) is 4.79 Å². The van der Waals surface area contributed by atoms with E-state index in [0.29, 0.717) is 6.54 Å². The Kier molecular flexibility index (Phi) is 5.27. The number of nitro benzene ring substituents is 1. The van der Waals surface area contributed by atoms with Gasteiger partial charge in [0.25, 0.3) is 0 Å². The highest BCUT2D eigenvalue weighted by molar-refractivity contribution is 6.02. The number of carbonyl (C=O) groups is 2. The summed E-state index contributed by atoms with van der Waals surface area (Å²) >= 11 is 0. The van der Waals surface area contributed by atoms with E-state index in [1.54, 1.807) is 6.92 Å². The molecule has 0 fully saturated rings. The lowest BCUT2D eigenvalue weighted by atomic mass is 10.0. The van der Waals surface area contributed by atoms with Gasteiger partial charge in [0.2, 0.25) is 5.82 Å². The number of hydrogen-bond acceptors (Lipinski definition) is 5. The molecule has 7 nitrogen and oxygen atoms in total. The molecule has 1 rings (SSSR count). The number of nitrogens with zero attached hydrogens (tertiary/aromatic N) is 1. The first-order valence-corrected chi connectivity index (χ1v) is 5.80. The molecule has 1 aromatic carbocycles. The maximum absolute atomic E-state index is 13.2. The number of nitrogens with one attached hydrogen (secondary N) is 1. The van der Waals surface area contributed by atoms with Crippen LogP contribution in [0.5, 0.6) is 0 Å². The number of aliphatic carboxylic acids is 1. The zero-order valence-corrected chi connectivity index (χ0v) is 10.6. The third-order valence-corrected chi connectivity index (χ3v) is 2.57. The summed E-state index contributed by atoms with van der Waals surface area (Å²) in [4.78, 5) is 32.5. The topological polar surface area (TPSA) is 110 Å². The Morgan fingerprint density at radius 2 is 2.15 bits per heavy atom. The van der Waals surface area contributed by atoms with E-state index in [2.05, 4.69) is 5.32 Å². The molecule has 0 aromatic heterocycles. The smallest absolute Gasteiger partial charge is 0.305 e. The van der Waals surface area contributed by atoms with Crippen molar-refractivity contribution in [2.24, 2.45) is 0 Å². The molecule has 0 bridgehead atoms. The Labute approximate surface area is 113 Å². The van der Waals surface area contributed by atoms with Crippen LogP contribution in [-0.4, -0.2) is 34.4 Å². The summed E-state index contributed by atoms with van der Waals surface area (Å²) in [5.41, 5.74) is -0.924. The van der Waals surface area contributed by atoms with Crippen molar-refractivity contribution in [1.82, 2.24) is 5.32 Å². The molecule has 0 aliphatic rings. The van der Waals surface area contributed by atoms with Gasteiger partial charge < -0.3 is 10.4 Å². The van der Waals surface area contributed by atoms with Crippen LogP contribution in [0.3, 0.4) is 0 Å². The fourth-order valence-corrected chi connectivity index (χ4v) is 1.69. The number of ketones is 1. The van der Waals surface area contributed by atoms with E-state index in [1.165, 1.54) is 0 Å². The lowest BCUT2D eigenvalue weighted by Gasteiger charge is -2.14. The number of carbonyl (C=O) groups excluding carboxylic acids is 1. The van der Waals surface area contributed by atoms with Crippen molar-refractivity contribution >= 4 is 17.4 Å². The molecule has 1 aromatic rings. The molecule has 0 saturated heterocycles. The molecule has 108 valence electrons. The van der Waals surface area contributed by atoms with Crippen LogP contribution >= 0.6 is 0 Å². The van der Waals surface area contributed by atoms with Crippen LogP contribution < -0.4 is 5.32 Å². The molecular formula is C12H13FN2O5. The maximum Gasteiger partial charge on any atom is 0.305 e. The molecule has 0 heterocycles. The van der Waals surface area contributed by atoms with Gasteiger partial charge in [-0.3, -0.25) is 19.7 Å². The molecule has 0 amide bonds. The Balaban J connectivity index is 3.08. The number of rotatable bonds is 7. The summed E-state index contributed by atoms with van der Waals surface area (Å²) in [6, 6.07) is 1.71. The Bertz CT molecular complexity index is 547. The first-order valence-electron chi connectivity index (χ1n) is 5.80. The molecule has 8 heteroatoms. The first kappa shape index (κ1) is 15.7. The third-order valence-electron chi connectivity index (χ3n) is 2.57. The first-order chi connectivity index (χ1) is 9.36. The van der Waals surface area contributed by atoms with Gasteiger partial charge in [0.15, 0.2) is 5.78 Å². The summed E-state index contributed by atoms with van der Waals surface area (Å²) < 4.78 is 13.2. The largest absolute Gasteiger partial charge is 0.481 e. The van der Waals surface area contributed by atoms with E-state index in [-0.39, 0.29) is 5.56 Å². The minimum absolute atomic E-state index is 0.106. The van der Waals surface area contributed by atoms with Gasteiger partial charge in [-0.2, -0.15) is 4.39 Å². The molecule has 0 saturated carbocycles. The highest BCUT2D eigenvalue weighted by atomic mass is 19.1. The van der Waals surface area contributed by atoms with Crippen LogP contribution in [0, 0.1) is 15.9 Å². The second kappa shape index (κ2) is 6.71. The fraction of sp³-hybridized carbons (Fsp3) is 0.333. The monoisotopic (exact) mass is 284 g/mol. The van der Waals surface area contributed by atoms with Gasteiger partial charge >= 0.3 is 11.7 Å². The molecule has 1 atom stereocenters. The van der Waals surface area contributed by atoms with Gasteiger partial charge in [0.05, 0.1) is 17.4 Å². The number of Topliss-reactive ketones (excluding diaryl/α,β-unsaturated/α-hetero) is 1. The predicted octanol–water partition coefficient (Wildman–Crippen LogP) is 1.37.